The van der Waals surface area contributed by atoms with Crippen molar-refractivity contribution in [2.24, 2.45) is 0 Å². The van der Waals surface area contributed by atoms with Gasteiger partial charge in [-0.25, -0.2) is 8.42 Å². The van der Waals surface area contributed by atoms with Crippen LogP contribution in [-0.4, -0.2) is 44.7 Å². The van der Waals surface area contributed by atoms with Crippen molar-refractivity contribution in [1.82, 2.24) is 4.90 Å². The molecule has 0 unspecified atom stereocenters. The smallest absolute Gasteiger partial charge is 0.223 e. The van der Waals surface area contributed by atoms with Gasteiger partial charge in [0.25, 0.3) is 0 Å². The highest BCUT2D eigenvalue weighted by Gasteiger charge is 2.40. The number of sulfone groups is 1. The molecular weight excluding hydrogens is 410 g/mol. The lowest BCUT2D eigenvalue weighted by Crippen LogP contribution is -2.57. The average molecular weight is 436 g/mol. The van der Waals surface area contributed by atoms with Crippen LogP contribution in [0.4, 0.5) is 0 Å². The van der Waals surface area contributed by atoms with E-state index >= 15 is 0 Å². The molecule has 160 valence electrons. The van der Waals surface area contributed by atoms with E-state index in [1.54, 1.807) is 29.2 Å². The number of hydrogen-bond donors (Lipinski definition) is 0. The molecule has 1 heterocycles. The fourth-order valence-corrected chi connectivity index (χ4v) is 5.55. The van der Waals surface area contributed by atoms with Crippen molar-refractivity contribution in [2.45, 2.75) is 22.5 Å². The first-order valence-electron chi connectivity index (χ1n) is 10.2. The molecule has 0 saturated carbocycles. The Labute approximate surface area is 183 Å². The van der Waals surface area contributed by atoms with Gasteiger partial charge in [-0.05, 0) is 35.4 Å². The monoisotopic (exact) mass is 435 g/mol. The van der Waals surface area contributed by atoms with Gasteiger partial charge in [0.15, 0.2) is 9.84 Å². The minimum Gasteiger partial charge on any atom is -0.497 e. The molecule has 1 saturated heterocycles. The van der Waals surface area contributed by atoms with Gasteiger partial charge in [-0.15, -0.1) is 0 Å². The first kappa shape index (κ1) is 21.1. The van der Waals surface area contributed by atoms with Gasteiger partial charge in [0.2, 0.25) is 5.91 Å². The highest BCUT2D eigenvalue weighted by atomic mass is 32.2. The first-order valence-corrected chi connectivity index (χ1v) is 11.8. The summed E-state index contributed by atoms with van der Waals surface area (Å²) in [5.41, 5.74) is 2.15. The molecule has 0 bridgehead atoms. The summed E-state index contributed by atoms with van der Waals surface area (Å²) < 4.78 is 30.8. The fraction of sp³-hybridized carbons (Fsp3) is 0.240. The molecule has 1 aliphatic heterocycles. The van der Waals surface area contributed by atoms with Crippen LogP contribution in [0.5, 0.6) is 5.75 Å². The Morgan fingerprint density at radius 3 is 1.90 bits per heavy atom. The molecule has 0 radical (unpaired) electrons. The molecule has 1 fully saturated rings. The molecule has 1 amide bonds. The van der Waals surface area contributed by atoms with Gasteiger partial charge in [0, 0.05) is 25.4 Å². The molecule has 0 spiro atoms. The Balaban J connectivity index is 1.44. The molecule has 0 N–H and O–H groups in total. The van der Waals surface area contributed by atoms with Crippen molar-refractivity contribution in [3.8, 4) is 5.75 Å². The molecule has 4 rings (SSSR count). The van der Waals surface area contributed by atoms with Crippen molar-refractivity contribution in [1.29, 1.82) is 0 Å². The number of ether oxygens (including phenoxy) is 1. The zero-order valence-electron chi connectivity index (χ0n) is 17.3. The highest BCUT2D eigenvalue weighted by molar-refractivity contribution is 7.92. The lowest BCUT2D eigenvalue weighted by atomic mass is 9.88. The maximum absolute atomic E-state index is 13.0. The SMILES string of the molecule is COc1ccc(S(=O)(=O)C2CN(C(=O)CC(c3ccccc3)c3ccccc3)C2)cc1. The molecule has 0 aromatic heterocycles. The Morgan fingerprint density at radius 2 is 1.42 bits per heavy atom. The lowest BCUT2D eigenvalue weighted by molar-refractivity contribution is -0.134. The molecule has 6 heteroatoms. The van der Waals surface area contributed by atoms with Crippen LogP contribution >= 0.6 is 0 Å². The van der Waals surface area contributed by atoms with E-state index < -0.39 is 15.1 Å². The average Bonchev–Trinajstić information content (AvgIpc) is 2.77. The van der Waals surface area contributed by atoms with Gasteiger partial charge in [-0.1, -0.05) is 60.7 Å². The van der Waals surface area contributed by atoms with E-state index in [4.69, 9.17) is 4.74 Å². The van der Waals surface area contributed by atoms with E-state index in [1.165, 1.54) is 7.11 Å². The number of amides is 1. The minimum atomic E-state index is -3.48. The summed E-state index contributed by atoms with van der Waals surface area (Å²) in [7, 11) is -1.94. The number of carbonyl (C=O) groups excluding carboxylic acids is 1. The minimum absolute atomic E-state index is 0.0288. The third kappa shape index (κ3) is 4.49. The summed E-state index contributed by atoms with van der Waals surface area (Å²) in [6, 6.07) is 26.3. The quantitative estimate of drug-likeness (QED) is 0.565. The topological polar surface area (TPSA) is 63.7 Å². The maximum atomic E-state index is 13.0. The zero-order chi connectivity index (χ0) is 21.8. The van der Waals surface area contributed by atoms with Crippen LogP contribution in [0.25, 0.3) is 0 Å². The summed E-state index contributed by atoms with van der Waals surface area (Å²) in [4.78, 5) is 14.9. The van der Waals surface area contributed by atoms with E-state index in [2.05, 4.69) is 0 Å². The van der Waals surface area contributed by atoms with Crippen LogP contribution < -0.4 is 4.74 Å². The molecular formula is C25H25NO4S. The molecule has 5 nitrogen and oxygen atoms in total. The van der Waals surface area contributed by atoms with Gasteiger partial charge in [0.1, 0.15) is 11.0 Å². The number of nitrogens with zero attached hydrogens (tertiary/aromatic N) is 1. The molecule has 1 aliphatic rings. The lowest BCUT2D eigenvalue weighted by Gasteiger charge is -2.39. The van der Waals surface area contributed by atoms with Crippen molar-refractivity contribution in [3.05, 3.63) is 96.1 Å². The second-order valence-corrected chi connectivity index (χ2v) is 9.95. The summed E-state index contributed by atoms with van der Waals surface area (Å²) in [6.45, 7) is 0.451. The van der Waals surface area contributed by atoms with Crippen LogP contribution in [0, 0.1) is 0 Å². The summed E-state index contributed by atoms with van der Waals surface area (Å²) in [5, 5.41) is -0.572. The van der Waals surface area contributed by atoms with E-state index in [9.17, 15) is 13.2 Å². The number of hydrogen-bond acceptors (Lipinski definition) is 4. The van der Waals surface area contributed by atoms with E-state index in [1.807, 2.05) is 60.7 Å². The number of methoxy groups -OCH3 is 1. The standard InChI is InChI=1S/C25H25NO4S/c1-30-21-12-14-22(15-13-21)31(28,29)23-17-26(18-23)25(27)16-24(19-8-4-2-5-9-19)20-10-6-3-7-11-20/h2-15,23-24H,16-18H2,1H3. The van der Waals surface area contributed by atoms with Crippen LogP contribution in [-0.2, 0) is 14.6 Å². The fourth-order valence-electron chi connectivity index (χ4n) is 3.90. The van der Waals surface area contributed by atoms with Gasteiger partial charge in [-0.2, -0.15) is 0 Å². The van der Waals surface area contributed by atoms with Gasteiger partial charge >= 0.3 is 0 Å². The predicted octanol–water partition coefficient (Wildman–Crippen LogP) is 3.90. The molecule has 3 aromatic carbocycles. The van der Waals surface area contributed by atoms with Crippen LogP contribution in [0.3, 0.4) is 0 Å². The maximum Gasteiger partial charge on any atom is 0.223 e. The highest BCUT2D eigenvalue weighted by Crippen LogP contribution is 2.31. The van der Waals surface area contributed by atoms with E-state index in [0.29, 0.717) is 12.2 Å². The number of likely N-dealkylation sites (tertiary alicyclic amines) is 1. The second kappa shape index (κ2) is 8.94. The summed E-state index contributed by atoms with van der Waals surface area (Å²) >= 11 is 0. The van der Waals surface area contributed by atoms with Crippen molar-refractivity contribution >= 4 is 15.7 Å². The zero-order valence-corrected chi connectivity index (χ0v) is 18.2. The normalized spacial score (nSPS) is 14.3. The molecule has 0 aliphatic carbocycles. The Hall–Kier alpha value is -3.12. The first-order chi connectivity index (χ1) is 15.0. The third-order valence-corrected chi connectivity index (χ3v) is 7.92. The van der Waals surface area contributed by atoms with Crippen LogP contribution in [0.15, 0.2) is 89.8 Å². The van der Waals surface area contributed by atoms with Gasteiger partial charge in [-0.3, -0.25) is 4.79 Å². The summed E-state index contributed by atoms with van der Waals surface area (Å²) in [5.74, 6) is 0.517. The van der Waals surface area contributed by atoms with E-state index in [0.717, 1.165) is 11.1 Å². The third-order valence-electron chi connectivity index (χ3n) is 5.81. The van der Waals surface area contributed by atoms with Gasteiger partial charge in [0.05, 0.1) is 12.0 Å². The Morgan fingerprint density at radius 1 is 0.903 bits per heavy atom. The van der Waals surface area contributed by atoms with Crippen molar-refractivity contribution < 1.29 is 17.9 Å². The molecule has 3 aromatic rings. The summed E-state index contributed by atoms with van der Waals surface area (Å²) in [6.07, 6.45) is 0.309. The molecule has 0 atom stereocenters. The van der Waals surface area contributed by atoms with Crippen LogP contribution in [0.2, 0.25) is 0 Å². The number of carbonyl (C=O) groups is 1. The Bertz CT molecular complexity index is 1080. The largest absolute Gasteiger partial charge is 0.497 e. The van der Waals surface area contributed by atoms with Crippen molar-refractivity contribution in [3.63, 3.8) is 0 Å². The van der Waals surface area contributed by atoms with E-state index in [-0.39, 0.29) is 29.8 Å². The van der Waals surface area contributed by atoms with Crippen LogP contribution in [0.1, 0.15) is 23.5 Å². The van der Waals surface area contributed by atoms with Crippen molar-refractivity contribution in [2.75, 3.05) is 20.2 Å². The number of rotatable bonds is 7. The number of benzene rings is 3. The Kier molecular flexibility index (Phi) is 6.09. The predicted molar refractivity (Wildman–Crippen MR) is 120 cm³/mol. The second-order valence-electron chi connectivity index (χ2n) is 7.72. The molecule has 31 heavy (non-hydrogen) atoms. The van der Waals surface area contributed by atoms with Gasteiger partial charge < -0.3 is 9.64 Å².